The molecular formula is C42H62O9. The summed E-state index contributed by atoms with van der Waals surface area (Å²) in [6.45, 7) is 18.2. The van der Waals surface area contributed by atoms with E-state index in [0.29, 0.717) is 31.1 Å². The van der Waals surface area contributed by atoms with Crippen molar-refractivity contribution in [3.05, 3.63) is 24.3 Å². The molecule has 10 fully saturated rings. The van der Waals surface area contributed by atoms with E-state index in [2.05, 4.69) is 40.9 Å². The number of hydrogen-bond donors (Lipinski definition) is 0. The second-order valence-corrected chi connectivity index (χ2v) is 18.2. The summed E-state index contributed by atoms with van der Waals surface area (Å²) in [7, 11) is 0. The molecule has 284 valence electrons. The Morgan fingerprint density at radius 2 is 1.47 bits per heavy atom. The van der Waals surface area contributed by atoms with Crippen molar-refractivity contribution in [3.63, 3.8) is 0 Å². The van der Waals surface area contributed by atoms with Crippen LogP contribution in [-0.2, 0) is 42.7 Å². The number of carbonyl (C=O) groups excluding carboxylic acids is 1. The summed E-state index contributed by atoms with van der Waals surface area (Å²) in [5.74, 6) is 0.887. The first-order chi connectivity index (χ1) is 24.6. The van der Waals surface area contributed by atoms with Crippen molar-refractivity contribution in [2.45, 2.75) is 209 Å². The molecule has 0 aliphatic carbocycles. The first kappa shape index (κ1) is 35.5. The summed E-state index contributed by atoms with van der Waals surface area (Å²) in [6, 6.07) is 0. The van der Waals surface area contributed by atoms with Crippen molar-refractivity contribution in [2.75, 3.05) is 0 Å². The van der Waals surface area contributed by atoms with Crippen molar-refractivity contribution in [1.82, 2.24) is 0 Å². The Morgan fingerprint density at radius 3 is 2.31 bits per heavy atom. The van der Waals surface area contributed by atoms with E-state index in [1.54, 1.807) is 0 Å². The van der Waals surface area contributed by atoms with Crippen LogP contribution >= 0.6 is 0 Å². The zero-order valence-corrected chi connectivity index (χ0v) is 31.4. The number of rotatable bonds is 3. The third-order valence-corrected chi connectivity index (χ3v) is 14.7. The fraction of sp³-hybridized carbons (Fsp3) is 0.881. The van der Waals surface area contributed by atoms with Crippen molar-refractivity contribution < 1.29 is 42.7 Å². The number of hydrogen-bond acceptors (Lipinski definition) is 9. The molecule has 4 unspecified atom stereocenters. The minimum absolute atomic E-state index is 0.0327. The van der Waals surface area contributed by atoms with Crippen LogP contribution in [0.1, 0.15) is 118 Å². The average Bonchev–Trinajstić information content (AvgIpc) is 3.77. The lowest BCUT2D eigenvalue weighted by atomic mass is 9.78. The lowest BCUT2D eigenvalue weighted by Crippen LogP contribution is -2.61. The Labute approximate surface area is 304 Å². The molecule has 9 nitrogen and oxygen atoms in total. The summed E-state index contributed by atoms with van der Waals surface area (Å²) in [4.78, 5) is 14.1. The van der Waals surface area contributed by atoms with Gasteiger partial charge >= 0.3 is 0 Å². The lowest BCUT2D eigenvalue weighted by molar-refractivity contribution is -0.292. The van der Waals surface area contributed by atoms with Crippen LogP contribution in [0.2, 0.25) is 0 Å². The normalized spacial score (nSPS) is 53.2. The van der Waals surface area contributed by atoms with Crippen LogP contribution in [0.15, 0.2) is 24.3 Å². The monoisotopic (exact) mass is 710 g/mol. The van der Waals surface area contributed by atoms with Gasteiger partial charge in [0.25, 0.3) is 0 Å². The maximum Gasteiger partial charge on any atom is 0.172 e. The Balaban J connectivity index is 0.986. The summed E-state index contributed by atoms with van der Waals surface area (Å²) >= 11 is 0. The number of carbonyl (C=O) groups is 1. The largest absolute Gasteiger partial charge is 0.374 e. The van der Waals surface area contributed by atoms with E-state index in [9.17, 15) is 4.79 Å². The van der Waals surface area contributed by atoms with E-state index in [4.69, 9.17) is 37.9 Å². The van der Waals surface area contributed by atoms with Gasteiger partial charge < -0.3 is 37.9 Å². The van der Waals surface area contributed by atoms with Crippen molar-refractivity contribution in [1.29, 1.82) is 0 Å². The van der Waals surface area contributed by atoms with Crippen LogP contribution in [-0.4, -0.2) is 97.0 Å². The Hall–Kier alpha value is -1.17. The van der Waals surface area contributed by atoms with E-state index >= 15 is 0 Å². The quantitative estimate of drug-likeness (QED) is 0.294. The summed E-state index contributed by atoms with van der Waals surface area (Å²) in [5, 5.41) is 0. The van der Waals surface area contributed by atoms with Gasteiger partial charge in [-0.15, -0.1) is 0 Å². The van der Waals surface area contributed by atoms with Gasteiger partial charge in [-0.2, -0.15) is 0 Å². The van der Waals surface area contributed by atoms with E-state index in [-0.39, 0.29) is 103 Å². The minimum Gasteiger partial charge on any atom is -0.374 e. The smallest absolute Gasteiger partial charge is 0.172 e. The molecule has 9 heteroatoms. The topological polar surface area (TPSA) is 90.9 Å². The number of ether oxygens (including phenoxy) is 8. The van der Waals surface area contributed by atoms with Gasteiger partial charge in [-0.1, -0.05) is 47.3 Å². The Bertz CT molecular complexity index is 1350. The van der Waals surface area contributed by atoms with Gasteiger partial charge in [0, 0.05) is 32.1 Å². The molecule has 12 bridgehead atoms. The second kappa shape index (κ2) is 13.8. The van der Waals surface area contributed by atoms with Gasteiger partial charge in [0.05, 0.1) is 54.9 Å². The predicted molar refractivity (Wildman–Crippen MR) is 189 cm³/mol. The molecule has 0 aromatic heterocycles. The van der Waals surface area contributed by atoms with Crippen molar-refractivity contribution in [3.8, 4) is 0 Å². The maximum absolute atomic E-state index is 14.1. The zero-order valence-electron chi connectivity index (χ0n) is 31.4. The van der Waals surface area contributed by atoms with E-state index in [1.165, 1.54) is 5.57 Å². The molecule has 0 radical (unpaired) electrons. The Morgan fingerprint density at radius 1 is 0.725 bits per heavy atom. The third kappa shape index (κ3) is 6.55. The summed E-state index contributed by atoms with van der Waals surface area (Å²) < 4.78 is 54.5. The standard InChI is InChI=1S/C42H62O9/c1-7-21(2)14-33-25(6)30-18-26(43)17-28-9-11-32-37(46-28)41-40-39(48-32)38-36(49-40)20-42(50-38,51-41)13-12-29-16-23(4)31(44-29)10-8-27-15-22(3)24(5)34(45-27)19-35(30)47-33/h21-22,25,27-41H,4-5,7-20H2,1-3,6H3/t21-,22-,25-,27?,28-,29?,30?,31+,32+,33-,34-,35?,36-,37+,38+,39+,40-,41+,42+/m1/s1. The highest BCUT2D eigenvalue weighted by Crippen LogP contribution is 2.54. The van der Waals surface area contributed by atoms with E-state index < -0.39 is 5.79 Å². The number of Topliss-reactive ketones (excluding diaryl/α,β-unsaturated/α-hetero) is 1. The minimum atomic E-state index is -0.740. The van der Waals surface area contributed by atoms with Gasteiger partial charge in [-0.05, 0) is 86.2 Å². The molecule has 10 aliphatic rings. The molecule has 10 rings (SSSR count). The van der Waals surface area contributed by atoms with Gasteiger partial charge in [-0.3, -0.25) is 4.79 Å². The third-order valence-electron chi connectivity index (χ3n) is 14.7. The summed E-state index contributed by atoms with van der Waals surface area (Å²) in [6.07, 6.45) is 10.3. The van der Waals surface area contributed by atoms with Crippen LogP contribution in [0.5, 0.6) is 0 Å². The molecule has 10 saturated heterocycles. The van der Waals surface area contributed by atoms with Gasteiger partial charge in [-0.25, -0.2) is 0 Å². The van der Waals surface area contributed by atoms with Gasteiger partial charge in [0.1, 0.15) is 36.3 Å². The Kier molecular flexibility index (Phi) is 9.64. The highest BCUT2D eigenvalue weighted by Gasteiger charge is 2.68. The average molecular weight is 711 g/mol. The highest BCUT2D eigenvalue weighted by molar-refractivity contribution is 5.79. The van der Waals surface area contributed by atoms with Crippen LogP contribution < -0.4 is 0 Å². The van der Waals surface area contributed by atoms with Crippen LogP contribution in [0.25, 0.3) is 0 Å². The molecule has 19 atom stereocenters. The molecule has 1 spiro atoms. The first-order valence-electron chi connectivity index (χ1n) is 20.7. The molecule has 10 aliphatic heterocycles. The van der Waals surface area contributed by atoms with Crippen molar-refractivity contribution in [2.24, 2.45) is 23.7 Å². The molecule has 0 N–H and O–H groups in total. The fourth-order valence-electron chi connectivity index (χ4n) is 11.5. The van der Waals surface area contributed by atoms with E-state index in [1.807, 2.05) is 0 Å². The molecule has 0 saturated carbocycles. The van der Waals surface area contributed by atoms with Gasteiger partial charge in [0.15, 0.2) is 5.79 Å². The fourth-order valence-corrected chi connectivity index (χ4v) is 11.5. The lowest BCUT2D eigenvalue weighted by Gasteiger charge is -2.47. The van der Waals surface area contributed by atoms with Crippen LogP contribution in [0.3, 0.4) is 0 Å². The molecule has 0 amide bonds. The van der Waals surface area contributed by atoms with E-state index in [0.717, 1.165) is 76.2 Å². The molecular weight excluding hydrogens is 648 g/mol. The van der Waals surface area contributed by atoms with Crippen LogP contribution in [0.4, 0.5) is 0 Å². The SMILES string of the molecule is C=C1CC2CC[C@@]34C[C@H]5O[C@H]6[C@@H](O3)[C@H]3O[C@H](CC[C@@H]3O[C@H]6[C@H]5O4)CC(=O)CC3C(C[C@H]4OC(CC[C@@H]1O2)C[C@@H](C)C4=C)O[C@H](C[C@H](C)CC)[C@@H]3C. The summed E-state index contributed by atoms with van der Waals surface area (Å²) in [5.41, 5.74) is 2.35. The molecule has 10 heterocycles. The molecule has 0 aromatic rings. The highest BCUT2D eigenvalue weighted by atomic mass is 16.8. The predicted octanol–water partition coefficient (Wildman–Crippen LogP) is 6.79. The number of ketones is 1. The number of fused-ring (bicyclic) bond motifs is 6. The van der Waals surface area contributed by atoms with Crippen LogP contribution in [0, 0.1) is 23.7 Å². The first-order valence-corrected chi connectivity index (χ1v) is 20.7. The molecule has 51 heavy (non-hydrogen) atoms. The van der Waals surface area contributed by atoms with Gasteiger partial charge in [0.2, 0.25) is 0 Å². The molecule has 0 aromatic carbocycles. The second-order valence-electron chi connectivity index (χ2n) is 18.2. The zero-order chi connectivity index (χ0) is 35.2. The van der Waals surface area contributed by atoms with Crippen molar-refractivity contribution >= 4 is 5.78 Å². The maximum atomic E-state index is 14.1.